The fourth-order valence-electron chi connectivity index (χ4n) is 3.21. The predicted molar refractivity (Wildman–Crippen MR) is 113 cm³/mol. The Morgan fingerprint density at radius 2 is 1.43 bits per heavy atom. The first-order valence-corrected chi connectivity index (χ1v) is 9.44. The van der Waals surface area contributed by atoms with Crippen LogP contribution in [-0.4, -0.2) is 21.5 Å². The molecular formula is C24H22N4. The van der Waals surface area contributed by atoms with Gasteiger partial charge in [-0.05, 0) is 60.0 Å². The molecule has 0 radical (unpaired) electrons. The average Bonchev–Trinajstić information content (AvgIpc) is 2.78. The van der Waals surface area contributed by atoms with Crippen LogP contribution in [0.4, 0.5) is 0 Å². The fourth-order valence-corrected chi connectivity index (χ4v) is 3.21. The van der Waals surface area contributed by atoms with Gasteiger partial charge in [0.15, 0.2) is 0 Å². The van der Waals surface area contributed by atoms with Gasteiger partial charge in [0.2, 0.25) is 0 Å². The van der Waals surface area contributed by atoms with Crippen LogP contribution >= 0.6 is 0 Å². The number of hydrogen-bond donors (Lipinski definition) is 1. The van der Waals surface area contributed by atoms with Gasteiger partial charge in [0.05, 0.1) is 5.69 Å². The molecule has 0 saturated heterocycles. The summed E-state index contributed by atoms with van der Waals surface area (Å²) in [4.78, 5) is 13.0. The van der Waals surface area contributed by atoms with Gasteiger partial charge in [-0.1, -0.05) is 30.3 Å². The molecule has 0 fully saturated rings. The maximum Gasteiger partial charge on any atom is 0.0748 e. The Bertz CT molecular complexity index is 1000. The van der Waals surface area contributed by atoms with E-state index in [2.05, 4.69) is 57.7 Å². The monoisotopic (exact) mass is 366 g/mol. The van der Waals surface area contributed by atoms with Crippen molar-refractivity contribution >= 4 is 0 Å². The van der Waals surface area contributed by atoms with Crippen molar-refractivity contribution in [2.75, 3.05) is 6.54 Å². The van der Waals surface area contributed by atoms with Crippen LogP contribution in [0.3, 0.4) is 0 Å². The van der Waals surface area contributed by atoms with Crippen molar-refractivity contribution in [2.24, 2.45) is 0 Å². The molecule has 0 aliphatic carbocycles. The van der Waals surface area contributed by atoms with Crippen LogP contribution in [0.5, 0.6) is 0 Å². The molecule has 1 N–H and O–H groups in total. The van der Waals surface area contributed by atoms with Crippen molar-refractivity contribution in [3.05, 3.63) is 103 Å². The van der Waals surface area contributed by atoms with Gasteiger partial charge in [0.25, 0.3) is 0 Å². The van der Waals surface area contributed by atoms with Crippen molar-refractivity contribution in [1.29, 1.82) is 0 Å². The normalized spacial score (nSPS) is 10.7. The van der Waals surface area contributed by atoms with Gasteiger partial charge in [-0.15, -0.1) is 0 Å². The molecule has 0 spiro atoms. The standard InChI is InChI=1S/C24H22N4/c1-2-4-20(5-3-1)22-16-23(17-27-13-8-19-6-11-25-12-7-19)24(28-18-22)21-9-14-26-15-10-21/h1-7,9-12,14-16,18,27H,8,13,17H2. The molecule has 4 nitrogen and oxygen atoms in total. The summed E-state index contributed by atoms with van der Waals surface area (Å²) in [5.74, 6) is 0. The van der Waals surface area contributed by atoms with Gasteiger partial charge in [-0.25, -0.2) is 0 Å². The minimum Gasteiger partial charge on any atom is -0.312 e. The van der Waals surface area contributed by atoms with Gasteiger partial charge in [-0.2, -0.15) is 0 Å². The summed E-state index contributed by atoms with van der Waals surface area (Å²) in [6, 6.07) is 20.7. The summed E-state index contributed by atoms with van der Waals surface area (Å²) in [6.45, 7) is 1.66. The largest absolute Gasteiger partial charge is 0.312 e. The van der Waals surface area contributed by atoms with Crippen LogP contribution in [0.1, 0.15) is 11.1 Å². The van der Waals surface area contributed by atoms with Gasteiger partial charge >= 0.3 is 0 Å². The zero-order valence-electron chi connectivity index (χ0n) is 15.6. The summed E-state index contributed by atoms with van der Waals surface area (Å²) in [6.07, 6.45) is 10.2. The van der Waals surface area contributed by atoms with Crippen molar-refractivity contribution in [3.63, 3.8) is 0 Å². The summed E-state index contributed by atoms with van der Waals surface area (Å²) >= 11 is 0. The first-order valence-electron chi connectivity index (χ1n) is 9.44. The summed E-state index contributed by atoms with van der Waals surface area (Å²) in [5, 5.41) is 3.56. The molecule has 138 valence electrons. The van der Waals surface area contributed by atoms with Crippen molar-refractivity contribution in [3.8, 4) is 22.4 Å². The van der Waals surface area contributed by atoms with Gasteiger partial charge in [0, 0.05) is 48.7 Å². The van der Waals surface area contributed by atoms with Gasteiger partial charge in [0.1, 0.15) is 0 Å². The predicted octanol–water partition coefficient (Wildman–Crippen LogP) is 4.54. The average molecular weight is 366 g/mol. The Hall–Kier alpha value is -3.37. The number of rotatable bonds is 7. The second-order valence-corrected chi connectivity index (χ2v) is 6.62. The highest BCUT2D eigenvalue weighted by molar-refractivity contribution is 5.69. The topological polar surface area (TPSA) is 50.7 Å². The molecule has 0 aliphatic rings. The Morgan fingerprint density at radius 1 is 0.714 bits per heavy atom. The van der Waals surface area contributed by atoms with Crippen LogP contribution in [0.25, 0.3) is 22.4 Å². The van der Waals surface area contributed by atoms with E-state index in [0.717, 1.165) is 36.3 Å². The molecule has 0 saturated carbocycles. The van der Waals surface area contributed by atoms with E-state index in [9.17, 15) is 0 Å². The molecule has 3 aromatic heterocycles. The molecule has 28 heavy (non-hydrogen) atoms. The first kappa shape index (κ1) is 18.0. The fraction of sp³-hybridized carbons (Fsp3) is 0.125. The third-order valence-corrected chi connectivity index (χ3v) is 4.68. The quantitative estimate of drug-likeness (QED) is 0.488. The van der Waals surface area contributed by atoms with E-state index in [0.29, 0.717) is 0 Å². The maximum absolute atomic E-state index is 4.79. The van der Waals surface area contributed by atoms with Crippen LogP contribution in [0.2, 0.25) is 0 Å². The second kappa shape index (κ2) is 9.02. The smallest absolute Gasteiger partial charge is 0.0748 e. The van der Waals surface area contributed by atoms with E-state index >= 15 is 0 Å². The minimum atomic E-state index is 0.760. The highest BCUT2D eigenvalue weighted by Crippen LogP contribution is 2.26. The van der Waals surface area contributed by atoms with Gasteiger partial charge < -0.3 is 5.32 Å². The Morgan fingerprint density at radius 3 is 2.18 bits per heavy atom. The van der Waals surface area contributed by atoms with E-state index in [1.54, 1.807) is 0 Å². The molecule has 0 atom stereocenters. The molecule has 4 heteroatoms. The van der Waals surface area contributed by atoms with Crippen molar-refractivity contribution < 1.29 is 0 Å². The number of aromatic nitrogens is 3. The zero-order chi connectivity index (χ0) is 19.0. The molecule has 3 heterocycles. The van der Waals surface area contributed by atoms with E-state index in [-0.39, 0.29) is 0 Å². The number of nitrogens with zero attached hydrogens (tertiary/aromatic N) is 3. The highest BCUT2D eigenvalue weighted by Gasteiger charge is 2.09. The number of pyridine rings is 3. The van der Waals surface area contributed by atoms with E-state index in [1.807, 2.05) is 49.2 Å². The molecule has 0 unspecified atom stereocenters. The maximum atomic E-state index is 4.79. The van der Waals surface area contributed by atoms with E-state index in [1.165, 1.54) is 16.7 Å². The van der Waals surface area contributed by atoms with Crippen molar-refractivity contribution in [2.45, 2.75) is 13.0 Å². The Labute approximate surface area is 165 Å². The van der Waals surface area contributed by atoms with Crippen LogP contribution in [0, 0.1) is 0 Å². The lowest BCUT2D eigenvalue weighted by Gasteiger charge is -2.12. The van der Waals surface area contributed by atoms with E-state index in [4.69, 9.17) is 4.98 Å². The second-order valence-electron chi connectivity index (χ2n) is 6.62. The Kier molecular flexibility index (Phi) is 5.80. The van der Waals surface area contributed by atoms with Crippen molar-refractivity contribution in [1.82, 2.24) is 20.3 Å². The SMILES string of the molecule is c1ccc(-c2cnc(-c3ccncc3)c(CNCCc3ccncc3)c2)cc1. The molecule has 0 aliphatic heterocycles. The minimum absolute atomic E-state index is 0.760. The lowest BCUT2D eigenvalue weighted by molar-refractivity contribution is 0.686. The summed E-state index contributed by atoms with van der Waals surface area (Å²) in [5.41, 5.74) is 6.85. The molecule has 1 aromatic carbocycles. The summed E-state index contributed by atoms with van der Waals surface area (Å²) < 4.78 is 0. The van der Waals surface area contributed by atoms with Crippen LogP contribution < -0.4 is 5.32 Å². The Balaban J connectivity index is 1.55. The summed E-state index contributed by atoms with van der Waals surface area (Å²) in [7, 11) is 0. The first-order chi connectivity index (χ1) is 13.9. The third kappa shape index (κ3) is 4.48. The zero-order valence-corrected chi connectivity index (χ0v) is 15.6. The lowest BCUT2D eigenvalue weighted by atomic mass is 10.0. The van der Waals surface area contributed by atoms with Crippen LogP contribution in [-0.2, 0) is 13.0 Å². The molecule has 4 rings (SSSR count). The van der Waals surface area contributed by atoms with Gasteiger partial charge in [-0.3, -0.25) is 15.0 Å². The lowest BCUT2D eigenvalue weighted by Crippen LogP contribution is -2.17. The third-order valence-electron chi connectivity index (χ3n) is 4.68. The number of benzene rings is 1. The number of hydrogen-bond acceptors (Lipinski definition) is 4. The molecular weight excluding hydrogens is 344 g/mol. The molecule has 0 amide bonds. The van der Waals surface area contributed by atoms with E-state index < -0.39 is 0 Å². The molecule has 0 bridgehead atoms. The highest BCUT2D eigenvalue weighted by atomic mass is 14.9. The van der Waals surface area contributed by atoms with Crippen LogP contribution in [0.15, 0.2) is 91.6 Å². The molecule has 4 aromatic rings. The number of nitrogens with one attached hydrogen (secondary N) is 1.